The lowest BCUT2D eigenvalue weighted by atomic mass is 9.69. The Bertz CT molecular complexity index is 902. The van der Waals surface area contributed by atoms with Crippen LogP contribution in [-0.4, -0.2) is 24.4 Å². The third kappa shape index (κ3) is 4.67. The number of rotatable bonds is 6. The van der Waals surface area contributed by atoms with Crippen LogP contribution in [0.15, 0.2) is 24.3 Å². The summed E-state index contributed by atoms with van der Waals surface area (Å²) in [6.07, 6.45) is 11.9. The van der Waals surface area contributed by atoms with Crippen molar-refractivity contribution in [1.29, 1.82) is 0 Å². The van der Waals surface area contributed by atoms with Crippen LogP contribution < -0.4 is 9.47 Å². The topological polar surface area (TPSA) is 58.9 Å². The van der Waals surface area contributed by atoms with E-state index in [4.69, 9.17) is 9.47 Å². The van der Waals surface area contributed by atoms with E-state index in [9.17, 15) is 10.2 Å². The summed E-state index contributed by atoms with van der Waals surface area (Å²) >= 11 is 0. The molecule has 2 aromatic carbocycles. The van der Waals surface area contributed by atoms with E-state index >= 15 is 0 Å². The highest BCUT2D eigenvalue weighted by Crippen LogP contribution is 2.48. The Kier molecular flexibility index (Phi) is 6.83. The maximum absolute atomic E-state index is 11.4. The predicted octanol–water partition coefficient (Wildman–Crippen LogP) is 7.15. The average Bonchev–Trinajstić information content (AvgIpc) is 2.82. The zero-order valence-corrected chi connectivity index (χ0v) is 20.8. The fraction of sp³-hybridized carbons (Fsp3) is 0.586. The number of aromatic hydroxyl groups is 2. The second kappa shape index (κ2) is 9.48. The van der Waals surface area contributed by atoms with Gasteiger partial charge >= 0.3 is 0 Å². The molecule has 0 radical (unpaired) electrons. The molecule has 0 aromatic heterocycles. The van der Waals surface area contributed by atoms with Gasteiger partial charge in [0.1, 0.15) is 23.0 Å². The fourth-order valence-corrected chi connectivity index (χ4v) is 6.16. The molecule has 4 nitrogen and oxygen atoms in total. The van der Waals surface area contributed by atoms with Gasteiger partial charge in [0.2, 0.25) is 0 Å². The van der Waals surface area contributed by atoms with Gasteiger partial charge in [-0.2, -0.15) is 0 Å². The summed E-state index contributed by atoms with van der Waals surface area (Å²) in [6, 6.07) is 7.83. The molecule has 2 N–H and O–H groups in total. The van der Waals surface area contributed by atoms with Gasteiger partial charge in [-0.15, -0.1) is 0 Å². The van der Waals surface area contributed by atoms with E-state index in [2.05, 4.69) is 13.8 Å². The second-order valence-corrected chi connectivity index (χ2v) is 10.8. The molecular formula is C29H40O4. The van der Waals surface area contributed by atoms with Crippen LogP contribution in [-0.2, 0) is 17.3 Å². The molecule has 33 heavy (non-hydrogen) atoms. The third-order valence-corrected chi connectivity index (χ3v) is 8.39. The molecule has 2 aliphatic rings. The average molecular weight is 453 g/mol. The van der Waals surface area contributed by atoms with Crippen LogP contribution in [0.1, 0.15) is 100 Å². The molecule has 0 heterocycles. The molecule has 0 spiro atoms. The Hall–Kier alpha value is -2.36. The van der Waals surface area contributed by atoms with Crippen molar-refractivity contribution in [3.8, 4) is 23.0 Å². The molecule has 180 valence electrons. The SMILES string of the molecule is COc1cc(Cc2cc(OC)cc(C3(C)CCCCC3)c2O)c(O)c(C2(C)CCCCC2)c1. The molecule has 0 unspecified atom stereocenters. The van der Waals surface area contributed by atoms with Crippen molar-refractivity contribution in [3.05, 3.63) is 46.5 Å². The Balaban J connectivity index is 1.77. The lowest BCUT2D eigenvalue weighted by molar-refractivity contribution is 0.304. The van der Waals surface area contributed by atoms with Crippen LogP contribution in [0.3, 0.4) is 0 Å². The van der Waals surface area contributed by atoms with E-state index in [1.165, 1.54) is 38.5 Å². The van der Waals surface area contributed by atoms with Crippen LogP contribution in [0.25, 0.3) is 0 Å². The van der Waals surface area contributed by atoms with E-state index < -0.39 is 0 Å². The smallest absolute Gasteiger partial charge is 0.123 e. The Morgan fingerprint density at radius 2 is 1.00 bits per heavy atom. The Morgan fingerprint density at radius 3 is 1.33 bits per heavy atom. The van der Waals surface area contributed by atoms with Gasteiger partial charge in [0.15, 0.2) is 0 Å². The molecule has 0 aliphatic heterocycles. The van der Waals surface area contributed by atoms with Crippen molar-refractivity contribution < 1.29 is 19.7 Å². The van der Waals surface area contributed by atoms with Gasteiger partial charge in [0.05, 0.1) is 14.2 Å². The van der Waals surface area contributed by atoms with Gasteiger partial charge in [-0.05, 0) is 60.8 Å². The van der Waals surface area contributed by atoms with Crippen LogP contribution in [0, 0.1) is 0 Å². The second-order valence-electron chi connectivity index (χ2n) is 10.8. The highest BCUT2D eigenvalue weighted by molar-refractivity contribution is 5.56. The predicted molar refractivity (Wildman–Crippen MR) is 133 cm³/mol. The summed E-state index contributed by atoms with van der Waals surface area (Å²) in [5, 5.41) is 22.8. The summed E-state index contributed by atoms with van der Waals surface area (Å²) in [7, 11) is 3.35. The van der Waals surface area contributed by atoms with E-state index in [-0.39, 0.29) is 10.8 Å². The molecule has 4 heteroatoms. The normalized spacial score (nSPS) is 19.8. The zero-order valence-electron chi connectivity index (χ0n) is 20.8. The summed E-state index contributed by atoms with van der Waals surface area (Å²) in [4.78, 5) is 0. The molecule has 2 saturated carbocycles. The van der Waals surface area contributed by atoms with Gasteiger partial charge in [0, 0.05) is 28.7 Å². The number of hydrogen-bond acceptors (Lipinski definition) is 4. The highest BCUT2D eigenvalue weighted by Gasteiger charge is 2.34. The van der Waals surface area contributed by atoms with Crippen LogP contribution >= 0.6 is 0 Å². The van der Waals surface area contributed by atoms with Gasteiger partial charge < -0.3 is 19.7 Å². The van der Waals surface area contributed by atoms with Crippen LogP contribution in [0.4, 0.5) is 0 Å². The quantitative estimate of drug-likeness (QED) is 0.489. The summed E-state index contributed by atoms with van der Waals surface area (Å²) in [5.41, 5.74) is 3.42. The van der Waals surface area contributed by atoms with Crippen molar-refractivity contribution in [2.45, 2.75) is 95.3 Å². The molecule has 0 bridgehead atoms. The lowest BCUT2D eigenvalue weighted by Gasteiger charge is -2.36. The van der Waals surface area contributed by atoms with Gasteiger partial charge in [0.25, 0.3) is 0 Å². The van der Waals surface area contributed by atoms with Crippen molar-refractivity contribution >= 4 is 0 Å². The standard InChI is InChI=1S/C29H40O4/c1-28(11-7-5-8-12-28)24-18-22(32-3)16-20(26(24)30)15-21-17-23(33-4)19-25(27(21)31)29(2)13-9-6-10-14-29/h16-19,30-31H,5-15H2,1-4H3. The molecule has 2 aliphatic carbocycles. The number of ether oxygens (including phenoxy) is 2. The van der Waals surface area contributed by atoms with E-state index in [1.807, 2.05) is 24.3 Å². The summed E-state index contributed by atoms with van der Waals surface area (Å²) in [6.45, 7) is 4.52. The number of methoxy groups -OCH3 is 2. The number of benzene rings is 2. The zero-order chi connectivity index (χ0) is 23.6. The first-order valence-electron chi connectivity index (χ1n) is 12.6. The van der Waals surface area contributed by atoms with Gasteiger partial charge in [-0.3, -0.25) is 0 Å². The maximum atomic E-state index is 11.4. The Morgan fingerprint density at radius 1 is 0.636 bits per heavy atom. The van der Waals surface area contributed by atoms with Crippen molar-refractivity contribution in [1.82, 2.24) is 0 Å². The number of phenolic OH excluding ortho intramolecular Hbond substituents is 2. The molecule has 0 atom stereocenters. The van der Waals surface area contributed by atoms with Gasteiger partial charge in [-0.25, -0.2) is 0 Å². The lowest BCUT2D eigenvalue weighted by Crippen LogP contribution is -2.26. The molecule has 2 aromatic rings. The molecule has 2 fully saturated rings. The first kappa shape index (κ1) is 23.8. The first-order chi connectivity index (χ1) is 15.8. The van der Waals surface area contributed by atoms with Crippen LogP contribution in [0.2, 0.25) is 0 Å². The molecular weight excluding hydrogens is 412 g/mol. The fourth-order valence-electron chi connectivity index (χ4n) is 6.16. The minimum atomic E-state index is -0.0528. The molecule has 0 saturated heterocycles. The van der Waals surface area contributed by atoms with Crippen molar-refractivity contribution in [3.63, 3.8) is 0 Å². The largest absolute Gasteiger partial charge is 0.507 e. The van der Waals surface area contributed by atoms with E-state index in [0.29, 0.717) is 17.9 Å². The van der Waals surface area contributed by atoms with E-state index in [0.717, 1.165) is 59.4 Å². The minimum Gasteiger partial charge on any atom is -0.507 e. The molecule has 4 rings (SSSR count). The highest BCUT2D eigenvalue weighted by atomic mass is 16.5. The number of hydrogen-bond donors (Lipinski definition) is 2. The first-order valence-corrected chi connectivity index (χ1v) is 12.6. The van der Waals surface area contributed by atoms with E-state index in [1.54, 1.807) is 14.2 Å². The number of phenols is 2. The summed E-state index contributed by atoms with van der Waals surface area (Å²) < 4.78 is 11.3. The molecule has 0 amide bonds. The van der Waals surface area contributed by atoms with Crippen LogP contribution in [0.5, 0.6) is 23.0 Å². The van der Waals surface area contributed by atoms with Crippen molar-refractivity contribution in [2.75, 3.05) is 14.2 Å². The van der Waals surface area contributed by atoms with Crippen molar-refractivity contribution in [2.24, 2.45) is 0 Å². The van der Waals surface area contributed by atoms with Gasteiger partial charge in [-0.1, -0.05) is 52.4 Å². The monoisotopic (exact) mass is 452 g/mol. The summed E-state index contributed by atoms with van der Waals surface area (Å²) in [5.74, 6) is 2.19. The maximum Gasteiger partial charge on any atom is 0.123 e. The third-order valence-electron chi connectivity index (χ3n) is 8.39. The Labute approximate surface area is 198 Å². The minimum absolute atomic E-state index is 0.0528.